The number of aromatic nitrogens is 1. The number of methoxy groups -OCH3 is 4. The number of amides is 1. The Labute approximate surface area is 193 Å². The smallest absolute Gasteiger partial charge is 0.316 e. The highest BCUT2D eigenvalue weighted by atomic mass is 32.1. The normalized spacial score (nSPS) is 11.0. The molecule has 4 rings (SSSR count). The minimum atomic E-state index is -0.463. The Kier molecular flexibility index (Phi) is 6.45. The molecule has 10 heteroatoms. The zero-order valence-corrected chi connectivity index (χ0v) is 19.2. The van der Waals surface area contributed by atoms with E-state index in [1.54, 1.807) is 31.4 Å². The first-order chi connectivity index (χ1) is 16.1. The van der Waals surface area contributed by atoms with Gasteiger partial charge < -0.3 is 23.4 Å². The number of thiazole rings is 1. The first-order valence-electron chi connectivity index (χ1n) is 9.74. The fourth-order valence-electron chi connectivity index (χ4n) is 3.10. The van der Waals surface area contributed by atoms with Crippen LogP contribution < -0.4 is 24.0 Å². The van der Waals surface area contributed by atoms with Crippen molar-refractivity contribution in [2.75, 3.05) is 33.4 Å². The Morgan fingerprint density at radius 2 is 1.79 bits per heavy atom. The van der Waals surface area contributed by atoms with Crippen molar-refractivity contribution in [3.8, 4) is 23.0 Å². The monoisotopic (exact) mass is 467 g/mol. The number of benzene rings is 2. The van der Waals surface area contributed by atoms with Crippen LogP contribution in [0.25, 0.3) is 10.2 Å². The van der Waals surface area contributed by atoms with Gasteiger partial charge in [0.05, 0.1) is 51.1 Å². The zero-order valence-electron chi connectivity index (χ0n) is 18.4. The summed E-state index contributed by atoms with van der Waals surface area (Å²) in [6.45, 7) is 0. The van der Waals surface area contributed by atoms with Gasteiger partial charge in [-0.15, -0.1) is 0 Å². The van der Waals surface area contributed by atoms with Gasteiger partial charge >= 0.3 is 5.91 Å². The van der Waals surface area contributed by atoms with E-state index in [-0.39, 0.29) is 5.76 Å². The van der Waals surface area contributed by atoms with E-state index in [4.69, 9.17) is 23.4 Å². The van der Waals surface area contributed by atoms with Gasteiger partial charge in [-0.2, -0.15) is 10.1 Å². The molecular weight excluding hydrogens is 446 g/mol. The second-order valence-corrected chi connectivity index (χ2v) is 7.64. The molecule has 1 amide bonds. The number of hydrazone groups is 1. The van der Waals surface area contributed by atoms with Crippen molar-refractivity contribution < 1.29 is 28.2 Å². The van der Waals surface area contributed by atoms with Gasteiger partial charge in [0.15, 0.2) is 17.3 Å². The quantitative estimate of drug-likeness (QED) is 0.276. The van der Waals surface area contributed by atoms with Crippen LogP contribution in [0.4, 0.5) is 5.13 Å². The standard InChI is InChI=1S/C23H21N3O6S/c1-28-15-7-8-16-20(12-15)33-23(25-16)26(22(27)17-6-5-9-32-17)24-13-14-10-18(29-2)21(31-4)19(11-14)30-3/h5-13H,1-4H3/b24-13+. The summed E-state index contributed by atoms with van der Waals surface area (Å²) in [6, 6.07) is 12.1. The zero-order chi connectivity index (χ0) is 23.4. The summed E-state index contributed by atoms with van der Waals surface area (Å²) < 4.78 is 27.6. The SMILES string of the molecule is COc1ccc2nc(N(/N=C/c3cc(OC)c(OC)c(OC)c3)C(=O)c3ccco3)sc2c1. The Hall–Kier alpha value is -4.05. The highest BCUT2D eigenvalue weighted by Crippen LogP contribution is 2.38. The summed E-state index contributed by atoms with van der Waals surface area (Å²) in [4.78, 5) is 17.7. The van der Waals surface area contributed by atoms with E-state index in [1.165, 1.54) is 50.2 Å². The molecule has 0 fully saturated rings. The van der Waals surface area contributed by atoms with Gasteiger partial charge in [0.25, 0.3) is 0 Å². The lowest BCUT2D eigenvalue weighted by Crippen LogP contribution is -2.25. The fourth-order valence-corrected chi connectivity index (χ4v) is 4.05. The molecular formula is C23H21N3O6S. The molecule has 0 saturated heterocycles. The van der Waals surface area contributed by atoms with E-state index in [2.05, 4.69) is 10.1 Å². The van der Waals surface area contributed by atoms with E-state index in [1.807, 2.05) is 18.2 Å². The molecule has 0 unspecified atom stereocenters. The molecule has 170 valence electrons. The lowest BCUT2D eigenvalue weighted by molar-refractivity contribution is 0.0961. The van der Waals surface area contributed by atoms with Crippen LogP contribution in [0, 0.1) is 0 Å². The topological polar surface area (TPSA) is 95.6 Å². The number of fused-ring (bicyclic) bond motifs is 1. The van der Waals surface area contributed by atoms with Gasteiger partial charge in [-0.05, 0) is 42.5 Å². The van der Waals surface area contributed by atoms with Gasteiger partial charge in [0.2, 0.25) is 10.9 Å². The molecule has 4 aromatic rings. The summed E-state index contributed by atoms with van der Waals surface area (Å²) in [7, 11) is 6.18. The van der Waals surface area contributed by atoms with Crippen LogP contribution in [-0.2, 0) is 0 Å². The van der Waals surface area contributed by atoms with Crippen LogP contribution in [0.15, 0.2) is 58.2 Å². The highest BCUT2D eigenvalue weighted by molar-refractivity contribution is 7.22. The molecule has 0 radical (unpaired) electrons. The van der Waals surface area contributed by atoms with E-state index >= 15 is 0 Å². The number of hydrogen-bond donors (Lipinski definition) is 0. The number of carbonyl (C=O) groups is 1. The second-order valence-electron chi connectivity index (χ2n) is 6.63. The molecule has 0 aliphatic carbocycles. The number of hydrogen-bond acceptors (Lipinski definition) is 9. The average Bonchev–Trinajstić information content (AvgIpc) is 3.53. The maximum Gasteiger partial charge on any atom is 0.316 e. The van der Waals surface area contributed by atoms with Gasteiger partial charge in [-0.1, -0.05) is 11.3 Å². The lowest BCUT2D eigenvalue weighted by atomic mass is 10.2. The summed E-state index contributed by atoms with van der Waals surface area (Å²) in [6.07, 6.45) is 2.94. The third-order valence-corrected chi connectivity index (χ3v) is 5.69. The number of anilines is 1. The van der Waals surface area contributed by atoms with Crippen molar-refractivity contribution in [1.29, 1.82) is 0 Å². The second kappa shape index (κ2) is 9.61. The predicted molar refractivity (Wildman–Crippen MR) is 125 cm³/mol. The Balaban J connectivity index is 1.76. The maximum absolute atomic E-state index is 13.2. The third kappa shape index (κ3) is 4.46. The van der Waals surface area contributed by atoms with Crippen LogP contribution in [0.5, 0.6) is 23.0 Å². The van der Waals surface area contributed by atoms with E-state index in [9.17, 15) is 4.79 Å². The summed E-state index contributed by atoms with van der Waals surface area (Å²) in [5, 5.41) is 6.00. The van der Waals surface area contributed by atoms with Gasteiger partial charge in [0.1, 0.15) is 5.75 Å². The van der Waals surface area contributed by atoms with Crippen molar-refractivity contribution in [1.82, 2.24) is 4.98 Å². The average molecular weight is 468 g/mol. The van der Waals surface area contributed by atoms with Gasteiger partial charge in [-0.3, -0.25) is 4.79 Å². The minimum absolute atomic E-state index is 0.133. The number of carbonyl (C=O) groups excluding carboxylic acids is 1. The summed E-state index contributed by atoms with van der Waals surface area (Å²) >= 11 is 1.31. The van der Waals surface area contributed by atoms with Crippen LogP contribution in [0.1, 0.15) is 16.1 Å². The van der Waals surface area contributed by atoms with Crippen molar-refractivity contribution in [3.63, 3.8) is 0 Å². The van der Waals surface area contributed by atoms with Gasteiger partial charge in [0, 0.05) is 5.56 Å². The molecule has 2 heterocycles. The van der Waals surface area contributed by atoms with Crippen molar-refractivity contribution in [2.24, 2.45) is 5.10 Å². The van der Waals surface area contributed by atoms with Gasteiger partial charge in [-0.25, -0.2) is 4.98 Å². The summed E-state index contributed by atoms with van der Waals surface area (Å²) in [5.74, 6) is 1.76. The van der Waals surface area contributed by atoms with Crippen molar-refractivity contribution in [2.45, 2.75) is 0 Å². The lowest BCUT2D eigenvalue weighted by Gasteiger charge is -2.14. The van der Waals surface area contributed by atoms with Crippen LogP contribution in [-0.4, -0.2) is 45.5 Å². The molecule has 0 spiro atoms. The highest BCUT2D eigenvalue weighted by Gasteiger charge is 2.23. The first kappa shape index (κ1) is 22.2. The van der Waals surface area contributed by atoms with Crippen molar-refractivity contribution in [3.05, 3.63) is 60.1 Å². The first-order valence-corrected chi connectivity index (χ1v) is 10.6. The van der Waals surface area contributed by atoms with E-state index in [0.717, 1.165) is 10.2 Å². The number of rotatable bonds is 8. The van der Waals surface area contributed by atoms with Crippen LogP contribution in [0.2, 0.25) is 0 Å². The molecule has 0 N–H and O–H groups in total. The minimum Gasteiger partial charge on any atom is -0.497 e. The Morgan fingerprint density at radius 1 is 1.03 bits per heavy atom. The fraction of sp³-hybridized carbons (Fsp3) is 0.174. The molecule has 2 aromatic carbocycles. The Bertz CT molecular complexity index is 1270. The molecule has 9 nitrogen and oxygen atoms in total. The van der Waals surface area contributed by atoms with Crippen LogP contribution in [0.3, 0.4) is 0 Å². The third-order valence-electron chi connectivity index (χ3n) is 4.70. The molecule has 0 saturated carbocycles. The number of nitrogens with zero attached hydrogens (tertiary/aromatic N) is 3. The van der Waals surface area contributed by atoms with Crippen LogP contribution >= 0.6 is 11.3 Å². The Morgan fingerprint density at radius 3 is 2.39 bits per heavy atom. The molecule has 0 atom stereocenters. The van der Waals surface area contributed by atoms with E-state index in [0.29, 0.717) is 33.7 Å². The van der Waals surface area contributed by atoms with Crippen molar-refractivity contribution >= 4 is 38.8 Å². The molecule has 0 aliphatic rings. The molecule has 2 aromatic heterocycles. The largest absolute Gasteiger partial charge is 0.497 e. The predicted octanol–water partition coefficient (Wildman–Crippen LogP) is 4.60. The molecule has 0 bridgehead atoms. The summed E-state index contributed by atoms with van der Waals surface area (Å²) in [5.41, 5.74) is 1.35. The molecule has 33 heavy (non-hydrogen) atoms. The number of furan rings is 1. The number of ether oxygens (including phenoxy) is 4. The molecule has 0 aliphatic heterocycles. The maximum atomic E-state index is 13.2. The van der Waals surface area contributed by atoms with E-state index < -0.39 is 5.91 Å².